The lowest BCUT2D eigenvalue weighted by atomic mass is 10.2. The molecule has 23 heavy (non-hydrogen) atoms. The fourth-order valence-electron chi connectivity index (χ4n) is 2.66. The molecule has 0 bridgehead atoms. The molecule has 1 aromatic carbocycles. The number of rotatable bonds is 2. The zero-order chi connectivity index (χ0) is 16.8. The van der Waals surface area contributed by atoms with Crippen LogP contribution in [0.1, 0.15) is 0 Å². The number of sulfone groups is 1. The highest BCUT2D eigenvalue weighted by molar-refractivity contribution is 8.16. The maximum Gasteiger partial charge on any atom is 0.262 e. The number of aliphatic imine (C=N–C) groups is 1. The third-order valence-electron chi connectivity index (χ3n) is 3.57. The monoisotopic (exact) mass is 412 g/mol. The van der Waals surface area contributed by atoms with Gasteiger partial charge in [-0.3, -0.25) is 4.79 Å². The standard InChI is InChI=1S/C13H11Cl3N2O3S2/c14-4-12(19)17-13-18(9-2-1-7(15)3-8(9)16)10-5-23(20,21)6-11(10)22-13/h1-3,10-11H,4-6H2/t10-,11-/m0/s1. The van der Waals surface area contributed by atoms with Crippen molar-refractivity contribution in [1.29, 1.82) is 0 Å². The van der Waals surface area contributed by atoms with E-state index in [9.17, 15) is 13.2 Å². The molecule has 0 aromatic heterocycles. The minimum Gasteiger partial charge on any atom is -0.314 e. The van der Waals surface area contributed by atoms with Gasteiger partial charge in [0.25, 0.3) is 5.91 Å². The number of thioether (sulfide) groups is 1. The smallest absolute Gasteiger partial charge is 0.262 e. The zero-order valence-corrected chi connectivity index (χ0v) is 15.5. The third-order valence-corrected chi connectivity index (χ3v) is 7.55. The average Bonchev–Trinajstić information content (AvgIpc) is 2.91. The second-order valence-corrected chi connectivity index (χ2v) is 9.66. The summed E-state index contributed by atoms with van der Waals surface area (Å²) in [5.74, 6) is -0.664. The summed E-state index contributed by atoms with van der Waals surface area (Å²) < 4.78 is 23.8. The fourth-order valence-corrected chi connectivity index (χ4v) is 7.14. The number of alkyl halides is 1. The van der Waals surface area contributed by atoms with Crippen LogP contribution in [0.15, 0.2) is 23.2 Å². The molecule has 2 saturated heterocycles. The first kappa shape index (κ1) is 17.4. The number of nitrogens with zero attached hydrogens (tertiary/aromatic N) is 2. The molecule has 2 atom stereocenters. The highest BCUT2D eigenvalue weighted by Gasteiger charge is 2.49. The van der Waals surface area contributed by atoms with Crippen LogP contribution in [0, 0.1) is 0 Å². The molecule has 124 valence electrons. The van der Waals surface area contributed by atoms with E-state index >= 15 is 0 Å². The quantitative estimate of drug-likeness (QED) is 0.698. The van der Waals surface area contributed by atoms with Gasteiger partial charge in [-0.25, -0.2) is 8.42 Å². The Morgan fingerprint density at radius 1 is 1.35 bits per heavy atom. The van der Waals surface area contributed by atoms with Crippen LogP contribution in [0.25, 0.3) is 0 Å². The van der Waals surface area contributed by atoms with Crippen LogP contribution in [0.5, 0.6) is 0 Å². The van der Waals surface area contributed by atoms with Gasteiger partial charge in [0.05, 0.1) is 28.3 Å². The van der Waals surface area contributed by atoms with E-state index in [-0.39, 0.29) is 28.7 Å². The summed E-state index contributed by atoms with van der Waals surface area (Å²) in [6.07, 6.45) is 0. The summed E-state index contributed by atoms with van der Waals surface area (Å²) >= 11 is 19.0. The van der Waals surface area contributed by atoms with Gasteiger partial charge in [0.1, 0.15) is 5.88 Å². The number of hydrogen-bond acceptors (Lipinski definition) is 4. The molecule has 0 radical (unpaired) electrons. The lowest BCUT2D eigenvalue weighted by Gasteiger charge is -2.25. The summed E-state index contributed by atoms with van der Waals surface area (Å²) in [6.45, 7) is 0. The van der Waals surface area contributed by atoms with E-state index in [4.69, 9.17) is 34.8 Å². The van der Waals surface area contributed by atoms with Crippen molar-refractivity contribution in [3.8, 4) is 0 Å². The molecule has 10 heteroatoms. The van der Waals surface area contributed by atoms with Crippen LogP contribution in [0.2, 0.25) is 10.0 Å². The van der Waals surface area contributed by atoms with E-state index in [0.29, 0.717) is 20.9 Å². The fraction of sp³-hybridized carbons (Fsp3) is 0.385. The number of fused-ring (bicyclic) bond motifs is 1. The molecule has 2 aliphatic rings. The van der Waals surface area contributed by atoms with E-state index in [1.54, 1.807) is 23.1 Å². The van der Waals surface area contributed by atoms with Gasteiger partial charge in [-0.15, -0.1) is 11.6 Å². The number of hydrogen-bond donors (Lipinski definition) is 0. The van der Waals surface area contributed by atoms with Crippen molar-refractivity contribution in [2.75, 3.05) is 22.3 Å². The number of anilines is 1. The van der Waals surface area contributed by atoms with E-state index in [1.165, 1.54) is 11.8 Å². The number of amidine groups is 1. The Hall–Kier alpha value is -0.470. The molecule has 0 saturated carbocycles. The molecule has 0 spiro atoms. The molecule has 1 amide bonds. The van der Waals surface area contributed by atoms with Gasteiger partial charge >= 0.3 is 0 Å². The number of amides is 1. The summed E-state index contributed by atoms with van der Waals surface area (Å²) in [7, 11) is -3.12. The minimum absolute atomic E-state index is 0.00227. The molecule has 2 fully saturated rings. The van der Waals surface area contributed by atoms with Gasteiger partial charge in [0.2, 0.25) is 0 Å². The van der Waals surface area contributed by atoms with Gasteiger partial charge in [0.15, 0.2) is 15.0 Å². The molecule has 0 unspecified atom stereocenters. The van der Waals surface area contributed by atoms with E-state index in [2.05, 4.69) is 4.99 Å². The zero-order valence-electron chi connectivity index (χ0n) is 11.6. The topological polar surface area (TPSA) is 66.8 Å². The van der Waals surface area contributed by atoms with Crippen molar-refractivity contribution in [2.45, 2.75) is 11.3 Å². The number of halogens is 3. The van der Waals surface area contributed by atoms with Crippen molar-refractivity contribution in [3.63, 3.8) is 0 Å². The first-order chi connectivity index (χ1) is 10.8. The molecule has 5 nitrogen and oxygen atoms in total. The molecule has 2 aliphatic heterocycles. The maximum atomic E-state index is 11.9. The van der Waals surface area contributed by atoms with Crippen molar-refractivity contribution < 1.29 is 13.2 Å². The molecular formula is C13H11Cl3N2O3S2. The molecular weight excluding hydrogens is 403 g/mol. The predicted molar refractivity (Wildman–Crippen MR) is 95.9 cm³/mol. The summed E-state index contributed by atoms with van der Waals surface area (Å²) in [5, 5.41) is 1.07. The first-order valence-corrected chi connectivity index (χ1v) is 10.6. The highest BCUT2D eigenvalue weighted by atomic mass is 35.5. The first-order valence-electron chi connectivity index (χ1n) is 6.59. The van der Waals surface area contributed by atoms with Crippen LogP contribution in [-0.4, -0.2) is 48.2 Å². The van der Waals surface area contributed by atoms with Gasteiger partial charge in [-0.05, 0) is 18.2 Å². The number of benzene rings is 1. The van der Waals surface area contributed by atoms with E-state index < -0.39 is 15.7 Å². The van der Waals surface area contributed by atoms with Gasteiger partial charge < -0.3 is 4.90 Å². The molecule has 3 rings (SSSR count). The summed E-state index contributed by atoms with van der Waals surface area (Å²) in [4.78, 5) is 17.3. The Labute approximate surface area is 152 Å². The molecule has 2 heterocycles. The average molecular weight is 414 g/mol. The van der Waals surface area contributed by atoms with Crippen molar-refractivity contribution in [3.05, 3.63) is 28.2 Å². The molecule has 1 aromatic rings. The van der Waals surface area contributed by atoms with Crippen LogP contribution in [0.4, 0.5) is 5.69 Å². The van der Waals surface area contributed by atoms with Gasteiger partial charge in [-0.2, -0.15) is 4.99 Å². The lowest BCUT2D eigenvalue weighted by molar-refractivity contribution is -0.115. The summed E-state index contributed by atoms with van der Waals surface area (Å²) in [5.41, 5.74) is 0.578. The van der Waals surface area contributed by atoms with Gasteiger partial charge in [0, 0.05) is 10.3 Å². The van der Waals surface area contributed by atoms with E-state index in [1.807, 2.05) is 0 Å². The number of carbonyl (C=O) groups is 1. The Morgan fingerprint density at radius 3 is 2.74 bits per heavy atom. The van der Waals surface area contributed by atoms with Crippen molar-refractivity contribution in [1.82, 2.24) is 0 Å². The van der Waals surface area contributed by atoms with E-state index in [0.717, 1.165) is 0 Å². The Kier molecular flexibility index (Phi) is 4.86. The largest absolute Gasteiger partial charge is 0.314 e. The lowest BCUT2D eigenvalue weighted by Crippen LogP contribution is -2.38. The van der Waals surface area contributed by atoms with Crippen LogP contribution in [-0.2, 0) is 14.6 Å². The van der Waals surface area contributed by atoms with Crippen LogP contribution >= 0.6 is 46.6 Å². The predicted octanol–water partition coefficient (Wildman–Crippen LogP) is 2.83. The van der Waals surface area contributed by atoms with Crippen molar-refractivity contribution in [2.24, 2.45) is 4.99 Å². The maximum absolute atomic E-state index is 11.9. The Balaban J connectivity index is 2.06. The second-order valence-electron chi connectivity index (χ2n) is 5.19. The number of carbonyl (C=O) groups excluding carboxylic acids is 1. The normalized spacial score (nSPS) is 27.4. The highest BCUT2D eigenvalue weighted by Crippen LogP contribution is 2.43. The SMILES string of the molecule is O=C(CCl)N=C1S[C@H]2CS(=O)(=O)C[C@@H]2N1c1ccc(Cl)cc1Cl. The Morgan fingerprint density at radius 2 is 2.09 bits per heavy atom. The Bertz CT molecular complexity index is 798. The van der Waals surface area contributed by atoms with Gasteiger partial charge in [-0.1, -0.05) is 35.0 Å². The molecule has 0 N–H and O–H groups in total. The van der Waals surface area contributed by atoms with Crippen LogP contribution in [0.3, 0.4) is 0 Å². The minimum atomic E-state index is -3.12. The summed E-state index contributed by atoms with van der Waals surface area (Å²) in [6, 6.07) is 4.61. The second kappa shape index (κ2) is 6.44. The van der Waals surface area contributed by atoms with Crippen LogP contribution < -0.4 is 4.90 Å². The third kappa shape index (κ3) is 3.49. The molecule has 0 aliphatic carbocycles. The van der Waals surface area contributed by atoms with Crippen molar-refractivity contribution >= 4 is 73.2 Å².